The van der Waals surface area contributed by atoms with E-state index in [1.165, 1.54) is 0 Å². The summed E-state index contributed by atoms with van der Waals surface area (Å²) in [5.41, 5.74) is 0. The van der Waals surface area contributed by atoms with Crippen LogP contribution in [-0.2, 0) is 4.74 Å². The van der Waals surface area contributed by atoms with Gasteiger partial charge in [-0.05, 0) is 24.4 Å². The molecule has 3 nitrogen and oxygen atoms in total. The summed E-state index contributed by atoms with van der Waals surface area (Å²) in [7, 11) is 0. The summed E-state index contributed by atoms with van der Waals surface area (Å²) in [6, 6.07) is 0.480. The summed E-state index contributed by atoms with van der Waals surface area (Å²) in [5, 5.41) is 0.585. The minimum atomic E-state index is 0.480. The lowest BCUT2D eigenvalue weighted by Gasteiger charge is -2.23. The van der Waals surface area contributed by atoms with Gasteiger partial charge < -0.3 is 9.30 Å². The van der Waals surface area contributed by atoms with Gasteiger partial charge in [0.1, 0.15) is 0 Å². The monoisotopic (exact) mass is 186 g/mol. The van der Waals surface area contributed by atoms with E-state index in [0.717, 1.165) is 26.1 Å². The minimum absolute atomic E-state index is 0.480. The number of hydrogen-bond donors (Lipinski definition) is 0. The summed E-state index contributed by atoms with van der Waals surface area (Å²) in [6.45, 7) is 1.67. The Hall–Kier alpha value is -0.540. The van der Waals surface area contributed by atoms with Crippen molar-refractivity contribution in [3.05, 3.63) is 17.7 Å². The van der Waals surface area contributed by atoms with Crippen LogP contribution >= 0.6 is 11.6 Å². The highest BCUT2D eigenvalue weighted by molar-refractivity contribution is 6.28. The summed E-state index contributed by atoms with van der Waals surface area (Å²) < 4.78 is 7.28. The van der Waals surface area contributed by atoms with Crippen molar-refractivity contribution in [3.8, 4) is 0 Å². The standard InChI is InChI=1S/C8H11ClN2O/c9-8-10-3-4-11(8)7-1-5-12-6-2-7/h3-4,7H,1-2,5-6H2. The fourth-order valence-electron chi connectivity index (χ4n) is 1.53. The summed E-state index contributed by atoms with van der Waals surface area (Å²) in [4.78, 5) is 3.98. The Bertz CT molecular complexity index is 255. The van der Waals surface area contributed by atoms with Crippen LogP contribution in [0.15, 0.2) is 12.4 Å². The van der Waals surface area contributed by atoms with E-state index < -0.39 is 0 Å². The number of imidazole rings is 1. The van der Waals surface area contributed by atoms with Crippen LogP contribution in [0, 0.1) is 0 Å². The molecule has 4 heteroatoms. The maximum absolute atomic E-state index is 5.88. The van der Waals surface area contributed by atoms with E-state index in [2.05, 4.69) is 4.98 Å². The Morgan fingerprint density at radius 1 is 1.50 bits per heavy atom. The second-order valence-electron chi connectivity index (χ2n) is 2.95. The van der Waals surface area contributed by atoms with Gasteiger partial charge in [0.2, 0.25) is 5.28 Å². The molecule has 1 aliphatic rings. The molecule has 0 atom stereocenters. The largest absolute Gasteiger partial charge is 0.381 e. The summed E-state index contributed by atoms with van der Waals surface area (Å²) in [6.07, 6.45) is 5.74. The lowest BCUT2D eigenvalue weighted by molar-refractivity contribution is 0.0696. The highest BCUT2D eigenvalue weighted by Crippen LogP contribution is 2.23. The van der Waals surface area contributed by atoms with Gasteiger partial charge in [0.25, 0.3) is 0 Å². The lowest BCUT2D eigenvalue weighted by atomic mass is 10.1. The van der Waals surface area contributed by atoms with Crippen LogP contribution in [0.5, 0.6) is 0 Å². The molecule has 0 radical (unpaired) electrons. The fourth-order valence-corrected chi connectivity index (χ4v) is 1.78. The normalized spacial score (nSPS) is 19.8. The molecule has 0 aromatic carbocycles. The lowest BCUT2D eigenvalue weighted by Crippen LogP contribution is -2.19. The highest BCUT2D eigenvalue weighted by atomic mass is 35.5. The molecule has 0 unspecified atom stereocenters. The molecule has 1 aromatic rings. The molecule has 1 saturated heterocycles. The van der Waals surface area contributed by atoms with E-state index in [1.807, 2.05) is 10.8 Å². The van der Waals surface area contributed by atoms with Gasteiger partial charge in [-0.1, -0.05) is 0 Å². The average molecular weight is 187 g/mol. The molecule has 0 aliphatic carbocycles. The van der Waals surface area contributed by atoms with Crippen molar-refractivity contribution in [1.29, 1.82) is 0 Å². The Morgan fingerprint density at radius 3 is 2.83 bits per heavy atom. The van der Waals surface area contributed by atoms with Crippen LogP contribution in [0.1, 0.15) is 18.9 Å². The smallest absolute Gasteiger partial charge is 0.202 e. The molecular formula is C8H11ClN2O. The molecule has 1 fully saturated rings. The average Bonchev–Trinajstić information content (AvgIpc) is 2.53. The van der Waals surface area contributed by atoms with Gasteiger partial charge in [-0.25, -0.2) is 4.98 Å². The van der Waals surface area contributed by atoms with Crippen LogP contribution in [-0.4, -0.2) is 22.8 Å². The van der Waals surface area contributed by atoms with Crippen molar-refractivity contribution in [2.45, 2.75) is 18.9 Å². The Labute approximate surface area is 76.3 Å². The topological polar surface area (TPSA) is 27.1 Å². The first kappa shape index (κ1) is 8.08. The Balaban J connectivity index is 2.13. The zero-order chi connectivity index (χ0) is 8.39. The van der Waals surface area contributed by atoms with Crippen molar-refractivity contribution < 1.29 is 4.74 Å². The van der Waals surface area contributed by atoms with Gasteiger partial charge >= 0.3 is 0 Å². The number of halogens is 1. The maximum atomic E-state index is 5.88. The number of nitrogens with zero attached hydrogens (tertiary/aromatic N) is 2. The SMILES string of the molecule is Clc1nccn1C1CCOCC1. The van der Waals surface area contributed by atoms with E-state index >= 15 is 0 Å². The number of aromatic nitrogens is 2. The zero-order valence-corrected chi connectivity index (χ0v) is 7.50. The maximum Gasteiger partial charge on any atom is 0.202 e. The van der Waals surface area contributed by atoms with Crippen molar-refractivity contribution >= 4 is 11.6 Å². The third-order valence-corrected chi connectivity index (χ3v) is 2.50. The Kier molecular flexibility index (Phi) is 2.33. The molecule has 1 aromatic heterocycles. The summed E-state index contributed by atoms with van der Waals surface area (Å²) >= 11 is 5.88. The highest BCUT2D eigenvalue weighted by Gasteiger charge is 2.16. The van der Waals surface area contributed by atoms with E-state index in [9.17, 15) is 0 Å². The first-order valence-electron chi connectivity index (χ1n) is 4.14. The molecule has 1 aliphatic heterocycles. The van der Waals surface area contributed by atoms with Crippen molar-refractivity contribution in [2.75, 3.05) is 13.2 Å². The third-order valence-electron chi connectivity index (χ3n) is 2.21. The molecule has 0 bridgehead atoms. The molecule has 0 amide bonds. The predicted molar refractivity (Wildman–Crippen MR) is 46.3 cm³/mol. The van der Waals surface area contributed by atoms with Gasteiger partial charge in [0.15, 0.2) is 0 Å². The van der Waals surface area contributed by atoms with E-state index in [1.54, 1.807) is 6.20 Å². The van der Waals surface area contributed by atoms with Gasteiger partial charge in [-0.3, -0.25) is 0 Å². The van der Waals surface area contributed by atoms with Crippen LogP contribution in [0.4, 0.5) is 0 Å². The molecule has 12 heavy (non-hydrogen) atoms. The fraction of sp³-hybridized carbons (Fsp3) is 0.625. The molecule has 0 spiro atoms. The number of hydrogen-bond acceptors (Lipinski definition) is 2. The number of ether oxygens (including phenoxy) is 1. The van der Waals surface area contributed by atoms with Crippen LogP contribution < -0.4 is 0 Å². The second kappa shape index (κ2) is 3.46. The number of rotatable bonds is 1. The van der Waals surface area contributed by atoms with Gasteiger partial charge in [0.05, 0.1) is 0 Å². The van der Waals surface area contributed by atoms with Crippen molar-refractivity contribution in [2.24, 2.45) is 0 Å². The summed E-state index contributed by atoms with van der Waals surface area (Å²) in [5.74, 6) is 0. The quantitative estimate of drug-likeness (QED) is 0.670. The van der Waals surface area contributed by atoms with Crippen LogP contribution in [0.2, 0.25) is 5.28 Å². The van der Waals surface area contributed by atoms with E-state index in [-0.39, 0.29) is 0 Å². The molecule has 2 rings (SSSR count). The van der Waals surface area contributed by atoms with Gasteiger partial charge in [0, 0.05) is 31.6 Å². The van der Waals surface area contributed by atoms with Gasteiger partial charge in [-0.2, -0.15) is 0 Å². The Morgan fingerprint density at radius 2 is 2.25 bits per heavy atom. The second-order valence-corrected chi connectivity index (χ2v) is 3.29. The van der Waals surface area contributed by atoms with Crippen molar-refractivity contribution in [1.82, 2.24) is 9.55 Å². The molecule has 0 saturated carbocycles. The van der Waals surface area contributed by atoms with Crippen molar-refractivity contribution in [3.63, 3.8) is 0 Å². The first-order chi connectivity index (χ1) is 5.88. The minimum Gasteiger partial charge on any atom is -0.381 e. The molecule has 66 valence electrons. The molecular weight excluding hydrogens is 176 g/mol. The zero-order valence-electron chi connectivity index (χ0n) is 6.74. The predicted octanol–water partition coefficient (Wildman–Crippen LogP) is 1.89. The molecule has 0 N–H and O–H groups in total. The van der Waals surface area contributed by atoms with Crippen LogP contribution in [0.3, 0.4) is 0 Å². The third kappa shape index (κ3) is 1.47. The first-order valence-corrected chi connectivity index (χ1v) is 4.52. The van der Waals surface area contributed by atoms with Crippen LogP contribution in [0.25, 0.3) is 0 Å². The molecule has 2 heterocycles. The van der Waals surface area contributed by atoms with Gasteiger partial charge in [-0.15, -0.1) is 0 Å². The van der Waals surface area contributed by atoms with E-state index in [0.29, 0.717) is 11.3 Å². The van der Waals surface area contributed by atoms with E-state index in [4.69, 9.17) is 16.3 Å².